The van der Waals surface area contributed by atoms with Crippen LogP contribution in [-0.4, -0.2) is 55.6 Å². The Kier molecular flexibility index (Phi) is 5.70. The predicted molar refractivity (Wildman–Crippen MR) is 101 cm³/mol. The number of aromatic nitrogens is 1. The Morgan fingerprint density at radius 1 is 1.27 bits per heavy atom. The van der Waals surface area contributed by atoms with Gasteiger partial charge in [0.25, 0.3) is 5.91 Å². The average molecular weight is 355 g/mol. The summed E-state index contributed by atoms with van der Waals surface area (Å²) in [6.45, 7) is 2.94. The van der Waals surface area contributed by atoms with Crippen LogP contribution in [0, 0.1) is 0 Å². The molecule has 0 radical (unpaired) electrons. The van der Waals surface area contributed by atoms with Gasteiger partial charge in [0.2, 0.25) is 0 Å². The first-order valence-electron chi connectivity index (χ1n) is 8.66. The molecule has 1 atom stereocenters. The molecule has 26 heavy (non-hydrogen) atoms. The summed E-state index contributed by atoms with van der Waals surface area (Å²) in [5.74, 6) is 5.69. The number of piperazine rings is 1. The summed E-state index contributed by atoms with van der Waals surface area (Å²) in [6, 6.07) is 12.1. The number of anilines is 1. The lowest BCUT2D eigenvalue weighted by Crippen LogP contribution is -2.53. The number of ether oxygens (including phenoxy) is 1. The number of nitrogens with two attached hydrogens (primary N) is 1. The number of amides is 1. The first-order chi connectivity index (χ1) is 12.6. The maximum Gasteiger partial charge on any atom is 0.266 e. The Balaban J connectivity index is 1.76. The Labute approximate surface area is 153 Å². The number of nitrogens with one attached hydrogen (secondary N) is 1. The number of benzene rings is 1. The fourth-order valence-electron chi connectivity index (χ4n) is 3.30. The average Bonchev–Trinajstić information content (AvgIpc) is 2.68. The smallest absolute Gasteiger partial charge is 0.266 e. The summed E-state index contributed by atoms with van der Waals surface area (Å²) < 4.78 is 5.26. The van der Waals surface area contributed by atoms with Crippen molar-refractivity contribution in [1.29, 1.82) is 0 Å². The third kappa shape index (κ3) is 4.12. The zero-order valence-corrected chi connectivity index (χ0v) is 15.2. The number of pyridine rings is 1. The van der Waals surface area contributed by atoms with Gasteiger partial charge in [0.15, 0.2) is 0 Å². The van der Waals surface area contributed by atoms with Crippen molar-refractivity contribution in [2.75, 3.05) is 38.7 Å². The van der Waals surface area contributed by atoms with E-state index in [4.69, 9.17) is 10.6 Å². The summed E-state index contributed by atoms with van der Waals surface area (Å²) in [4.78, 5) is 20.7. The van der Waals surface area contributed by atoms with Crippen LogP contribution in [0.15, 0.2) is 42.6 Å². The second kappa shape index (κ2) is 8.16. The molecule has 2 aromatic rings. The van der Waals surface area contributed by atoms with E-state index >= 15 is 0 Å². The molecule has 1 fully saturated rings. The number of likely N-dealkylation sites (N-methyl/N-ethyl adjacent to an activating group) is 1. The quantitative estimate of drug-likeness (QED) is 0.474. The van der Waals surface area contributed by atoms with Gasteiger partial charge in [-0.15, -0.1) is 0 Å². The highest BCUT2D eigenvalue weighted by molar-refractivity contribution is 5.93. The zero-order chi connectivity index (χ0) is 18.5. The fourth-order valence-corrected chi connectivity index (χ4v) is 3.30. The van der Waals surface area contributed by atoms with Gasteiger partial charge in [-0.25, -0.2) is 5.84 Å². The Hall–Kier alpha value is -2.64. The lowest BCUT2D eigenvalue weighted by molar-refractivity contribution is 0.0953. The molecule has 0 aliphatic carbocycles. The number of carbonyl (C=O) groups is 1. The maximum absolute atomic E-state index is 11.5. The minimum atomic E-state index is -0.332. The van der Waals surface area contributed by atoms with Gasteiger partial charge in [-0.1, -0.05) is 0 Å². The second-order valence-corrected chi connectivity index (χ2v) is 6.52. The molecule has 0 spiro atoms. The number of methoxy groups -OCH3 is 1. The topological polar surface area (TPSA) is 83.7 Å². The Morgan fingerprint density at radius 2 is 2.04 bits per heavy atom. The van der Waals surface area contributed by atoms with Crippen LogP contribution < -0.4 is 20.9 Å². The second-order valence-electron chi connectivity index (χ2n) is 6.52. The molecular weight excluding hydrogens is 330 g/mol. The predicted octanol–water partition coefficient (Wildman–Crippen LogP) is 1.06. The lowest BCUT2D eigenvalue weighted by Gasteiger charge is -2.41. The minimum Gasteiger partial charge on any atom is -0.497 e. The molecule has 1 aromatic heterocycles. The molecule has 7 nitrogen and oxygen atoms in total. The van der Waals surface area contributed by atoms with Crippen LogP contribution >= 0.6 is 0 Å². The van der Waals surface area contributed by atoms with E-state index in [0.717, 1.165) is 37.5 Å². The van der Waals surface area contributed by atoms with Gasteiger partial charge in [0.05, 0.1) is 12.7 Å². The van der Waals surface area contributed by atoms with Gasteiger partial charge in [0, 0.05) is 49.7 Å². The fraction of sp³-hybridized carbons (Fsp3) is 0.368. The summed E-state index contributed by atoms with van der Waals surface area (Å²) in [7, 11) is 3.81. The van der Waals surface area contributed by atoms with E-state index in [0.29, 0.717) is 11.6 Å². The van der Waals surface area contributed by atoms with Crippen LogP contribution in [0.1, 0.15) is 16.1 Å². The molecule has 1 amide bonds. The molecule has 0 saturated carbocycles. The Bertz CT molecular complexity index is 733. The number of hydrogen-bond donors (Lipinski definition) is 2. The molecule has 3 rings (SSSR count). The summed E-state index contributed by atoms with van der Waals surface area (Å²) >= 11 is 0. The third-order valence-electron chi connectivity index (χ3n) is 4.75. The van der Waals surface area contributed by atoms with Crippen molar-refractivity contribution in [3.05, 3.63) is 53.9 Å². The van der Waals surface area contributed by atoms with E-state index < -0.39 is 0 Å². The number of hydrazine groups is 1. The van der Waals surface area contributed by atoms with Crippen LogP contribution in [0.2, 0.25) is 0 Å². The van der Waals surface area contributed by atoms with Crippen molar-refractivity contribution in [3.63, 3.8) is 0 Å². The van der Waals surface area contributed by atoms with Crippen molar-refractivity contribution >= 4 is 11.6 Å². The lowest BCUT2D eigenvalue weighted by atomic mass is 10.0. The first-order valence-corrected chi connectivity index (χ1v) is 8.66. The van der Waals surface area contributed by atoms with E-state index in [-0.39, 0.29) is 5.91 Å². The van der Waals surface area contributed by atoms with Gasteiger partial charge in [0.1, 0.15) is 5.75 Å². The Morgan fingerprint density at radius 3 is 2.65 bits per heavy atom. The molecule has 1 saturated heterocycles. The zero-order valence-electron chi connectivity index (χ0n) is 15.2. The molecule has 3 N–H and O–H groups in total. The SMILES string of the molecule is COc1ccc(N2CCN(C)CC2Cc2ccc(C(=O)NN)cn2)cc1. The highest BCUT2D eigenvalue weighted by atomic mass is 16.5. The number of nitrogen functional groups attached to an aromatic ring is 1. The minimum absolute atomic E-state index is 0.309. The van der Waals surface area contributed by atoms with E-state index in [1.165, 1.54) is 5.69 Å². The molecule has 2 heterocycles. The maximum atomic E-state index is 11.5. The van der Waals surface area contributed by atoms with Crippen LogP contribution in [0.4, 0.5) is 5.69 Å². The molecule has 138 valence electrons. The van der Waals surface area contributed by atoms with E-state index in [1.54, 1.807) is 19.4 Å². The molecule has 1 aliphatic rings. The van der Waals surface area contributed by atoms with E-state index in [2.05, 4.69) is 39.4 Å². The van der Waals surface area contributed by atoms with Gasteiger partial charge < -0.3 is 14.5 Å². The monoisotopic (exact) mass is 355 g/mol. The molecule has 1 unspecified atom stereocenters. The summed E-state index contributed by atoms with van der Waals surface area (Å²) in [5.41, 5.74) is 4.72. The number of rotatable bonds is 5. The molecule has 1 aliphatic heterocycles. The largest absolute Gasteiger partial charge is 0.497 e. The number of carbonyl (C=O) groups excluding carboxylic acids is 1. The first kappa shape index (κ1) is 18.2. The van der Waals surface area contributed by atoms with Crippen molar-refractivity contribution in [2.45, 2.75) is 12.5 Å². The standard InChI is InChI=1S/C19H25N5O2/c1-23-9-10-24(16-5-7-18(26-2)8-6-16)17(13-23)11-15-4-3-14(12-21-15)19(25)22-20/h3-8,12,17H,9-11,13,20H2,1-2H3,(H,22,25). The van der Waals surface area contributed by atoms with Crippen LogP contribution in [0.25, 0.3) is 0 Å². The third-order valence-corrected chi connectivity index (χ3v) is 4.75. The van der Waals surface area contributed by atoms with Crippen LogP contribution in [0.3, 0.4) is 0 Å². The van der Waals surface area contributed by atoms with Crippen LogP contribution in [-0.2, 0) is 6.42 Å². The summed E-state index contributed by atoms with van der Waals surface area (Å²) in [6.07, 6.45) is 2.38. The van der Waals surface area contributed by atoms with Gasteiger partial charge in [-0.2, -0.15) is 0 Å². The highest BCUT2D eigenvalue weighted by Gasteiger charge is 2.26. The van der Waals surface area contributed by atoms with Crippen molar-refractivity contribution in [1.82, 2.24) is 15.3 Å². The number of nitrogens with zero attached hydrogens (tertiary/aromatic N) is 3. The molecule has 0 bridgehead atoms. The molecular formula is C19H25N5O2. The van der Waals surface area contributed by atoms with Crippen LogP contribution in [0.5, 0.6) is 5.75 Å². The van der Waals surface area contributed by atoms with Gasteiger partial charge in [-0.3, -0.25) is 15.2 Å². The molecule has 1 aromatic carbocycles. The van der Waals surface area contributed by atoms with Gasteiger partial charge >= 0.3 is 0 Å². The van der Waals surface area contributed by atoms with E-state index in [9.17, 15) is 4.79 Å². The number of hydrogen-bond acceptors (Lipinski definition) is 6. The highest BCUT2D eigenvalue weighted by Crippen LogP contribution is 2.24. The van der Waals surface area contributed by atoms with Gasteiger partial charge in [-0.05, 0) is 43.4 Å². The normalized spacial score (nSPS) is 17.8. The molecule has 7 heteroatoms. The van der Waals surface area contributed by atoms with Crippen molar-refractivity contribution in [3.8, 4) is 5.75 Å². The van der Waals surface area contributed by atoms with E-state index in [1.807, 2.05) is 18.2 Å². The van der Waals surface area contributed by atoms with Crippen molar-refractivity contribution in [2.24, 2.45) is 5.84 Å². The summed E-state index contributed by atoms with van der Waals surface area (Å²) in [5, 5.41) is 0. The van der Waals surface area contributed by atoms with Crippen molar-refractivity contribution < 1.29 is 9.53 Å².